The Hall–Kier alpha value is -2.49. The summed E-state index contributed by atoms with van der Waals surface area (Å²) in [5.74, 6) is -0.539. The van der Waals surface area contributed by atoms with Crippen LogP contribution in [-0.4, -0.2) is 28.2 Å². The lowest BCUT2D eigenvalue weighted by Crippen LogP contribution is -2.17. The topological polar surface area (TPSA) is 84.1 Å². The summed E-state index contributed by atoms with van der Waals surface area (Å²) in [6, 6.07) is 4.13. The molecule has 0 radical (unpaired) electrons. The van der Waals surface area contributed by atoms with E-state index < -0.39 is 17.6 Å². The number of rotatable bonds is 7. The SMILES string of the molecule is CCCOc1ccc(C(F)(F)F)cc1NC(=O)CSc1nccc(=O)[nH]1. The van der Waals surface area contributed by atoms with E-state index in [-0.39, 0.29) is 27.9 Å². The van der Waals surface area contributed by atoms with Gasteiger partial charge in [0.25, 0.3) is 5.56 Å². The van der Waals surface area contributed by atoms with E-state index >= 15 is 0 Å². The van der Waals surface area contributed by atoms with Gasteiger partial charge in [-0.05, 0) is 24.6 Å². The molecule has 0 aliphatic heterocycles. The number of halogens is 3. The zero-order valence-electron chi connectivity index (χ0n) is 13.7. The van der Waals surface area contributed by atoms with Gasteiger partial charge in [-0.15, -0.1) is 0 Å². The van der Waals surface area contributed by atoms with E-state index in [1.807, 2.05) is 6.92 Å². The zero-order valence-corrected chi connectivity index (χ0v) is 14.5. The Balaban J connectivity index is 2.11. The largest absolute Gasteiger partial charge is 0.491 e. The van der Waals surface area contributed by atoms with Gasteiger partial charge in [-0.25, -0.2) is 4.98 Å². The molecule has 1 aromatic heterocycles. The molecular weight excluding hydrogens is 371 g/mol. The van der Waals surface area contributed by atoms with Crippen molar-refractivity contribution in [2.24, 2.45) is 0 Å². The van der Waals surface area contributed by atoms with Gasteiger partial charge in [0, 0.05) is 12.3 Å². The lowest BCUT2D eigenvalue weighted by Gasteiger charge is -2.15. The number of ether oxygens (including phenoxy) is 1. The first-order chi connectivity index (χ1) is 12.3. The summed E-state index contributed by atoms with van der Waals surface area (Å²) in [7, 11) is 0. The molecule has 2 N–H and O–H groups in total. The van der Waals surface area contributed by atoms with Crippen molar-refractivity contribution >= 4 is 23.4 Å². The maximum Gasteiger partial charge on any atom is 0.416 e. The minimum atomic E-state index is -4.54. The Morgan fingerprint density at radius 3 is 2.77 bits per heavy atom. The van der Waals surface area contributed by atoms with E-state index in [9.17, 15) is 22.8 Å². The number of alkyl halides is 3. The molecule has 2 rings (SSSR count). The van der Waals surface area contributed by atoms with Gasteiger partial charge in [-0.2, -0.15) is 13.2 Å². The van der Waals surface area contributed by atoms with Crippen LogP contribution in [0.1, 0.15) is 18.9 Å². The number of aromatic nitrogens is 2. The summed E-state index contributed by atoms with van der Waals surface area (Å²) in [6.07, 6.45) is -2.58. The summed E-state index contributed by atoms with van der Waals surface area (Å²) >= 11 is 0.954. The van der Waals surface area contributed by atoms with Crippen LogP contribution in [0.4, 0.5) is 18.9 Å². The first-order valence-electron chi connectivity index (χ1n) is 7.61. The standard InChI is InChI=1S/C16H16F3N3O3S/c1-2-7-25-12-4-3-10(16(17,18)19)8-11(12)21-14(24)9-26-15-20-6-5-13(23)22-15/h3-6,8H,2,7,9H2,1H3,(H,21,24)(H,20,22,23). The zero-order chi connectivity index (χ0) is 19.2. The van der Waals surface area contributed by atoms with E-state index in [1.165, 1.54) is 18.3 Å². The highest BCUT2D eigenvalue weighted by Crippen LogP contribution is 2.35. The third kappa shape index (κ3) is 5.80. The van der Waals surface area contributed by atoms with E-state index in [4.69, 9.17) is 4.74 Å². The Labute approximate surface area is 151 Å². The van der Waals surface area contributed by atoms with Crippen molar-refractivity contribution in [3.05, 3.63) is 46.4 Å². The Bertz CT molecular complexity index is 824. The molecule has 26 heavy (non-hydrogen) atoms. The number of carbonyl (C=O) groups excluding carboxylic acids is 1. The molecule has 0 unspecified atom stereocenters. The van der Waals surface area contributed by atoms with Crippen LogP contribution >= 0.6 is 11.8 Å². The van der Waals surface area contributed by atoms with Crippen LogP contribution in [0.5, 0.6) is 5.75 Å². The molecule has 0 aliphatic rings. The molecule has 2 aromatic rings. The second kappa shape index (κ2) is 8.75. The Morgan fingerprint density at radius 2 is 2.12 bits per heavy atom. The first-order valence-corrected chi connectivity index (χ1v) is 8.60. The molecule has 1 aromatic carbocycles. The van der Waals surface area contributed by atoms with Crippen LogP contribution in [0.25, 0.3) is 0 Å². The van der Waals surface area contributed by atoms with Crippen LogP contribution in [-0.2, 0) is 11.0 Å². The number of carbonyl (C=O) groups is 1. The molecule has 1 heterocycles. The fraction of sp³-hybridized carbons (Fsp3) is 0.312. The van der Waals surface area contributed by atoms with Gasteiger partial charge < -0.3 is 15.0 Å². The quantitative estimate of drug-likeness (QED) is 0.563. The number of nitrogens with one attached hydrogen (secondary N) is 2. The summed E-state index contributed by atoms with van der Waals surface area (Å²) in [5.41, 5.74) is -1.32. The summed E-state index contributed by atoms with van der Waals surface area (Å²) in [6.45, 7) is 2.16. The monoisotopic (exact) mass is 387 g/mol. The molecule has 140 valence electrons. The van der Waals surface area contributed by atoms with Gasteiger partial charge in [-0.1, -0.05) is 18.7 Å². The predicted octanol–water partition coefficient (Wildman–Crippen LogP) is 3.31. The highest BCUT2D eigenvalue weighted by atomic mass is 32.2. The second-order valence-corrected chi connectivity index (χ2v) is 6.10. The molecular formula is C16H16F3N3O3S. The number of thioether (sulfide) groups is 1. The van der Waals surface area contributed by atoms with E-state index in [1.54, 1.807) is 0 Å². The Kier molecular flexibility index (Phi) is 6.67. The normalized spacial score (nSPS) is 11.2. The highest BCUT2D eigenvalue weighted by Gasteiger charge is 2.31. The lowest BCUT2D eigenvalue weighted by atomic mass is 10.1. The fourth-order valence-corrected chi connectivity index (χ4v) is 2.54. The number of aromatic amines is 1. The van der Waals surface area contributed by atoms with Gasteiger partial charge in [0.15, 0.2) is 5.16 Å². The van der Waals surface area contributed by atoms with Gasteiger partial charge in [0.2, 0.25) is 5.91 Å². The molecule has 1 amide bonds. The average Bonchev–Trinajstić information content (AvgIpc) is 2.58. The smallest absolute Gasteiger partial charge is 0.416 e. The van der Waals surface area contributed by atoms with Gasteiger partial charge in [0.05, 0.1) is 23.6 Å². The molecule has 0 saturated carbocycles. The van der Waals surface area contributed by atoms with E-state index in [0.29, 0.717) is 13.0 Å². The molecule has 0 atom stereocenters. The summed E-state index contributed by atoms with van der Waals surface area (Å²) in [4.78, 5) is 29.6. The molecule has 0 aliphatic carbocycles. The van der Waals surface area contributed by atoms with Crippen molar-refractivity contribution in [3.63, 3.8) is 0 Å². The minimum Gasteiger partial charge on any atom is -0.491 e. The van der Waals surface area contributed by atoms with Crippen molar-refractivity contribution in [1.29, 1.82) is 0 Å². The number of H-pyrrole nitrogens is 1. The lowest BCUT2D eigenvalue weighted by molar-refractivity contribution is -0.137. The van der Waals surface area contributed by atoms with Gasteiger partial charge >= 0.3 is 6.18 Å². The van der Waals surface area contributed by atoms with Crippen LogP contribution in [0.2, 0.25) is 0 Å². The fourth-order valence-electron chi connectivity index (χ4n) is 1.89. The number of hydrogen-bond acceptors (Lipinski definition) is 5. The number of anilines is 1. The van der Waals surface area contributed by atoms with Crippen molar-refractivity contribution in [2.75, 3.05) is 17.7 Å². The van der Waals surface area contributed by atoms with Crippen molar-refractivity contribution < 1.29 is 22.7 Å². The third-order valence-corrected chi connectivity index (χ3v) is 3.92. The maximum atomic E-state index is 12.9. The van der Waals surface area contributed by atoms with E-state index in [2.05, 4.69) is 15.3 Å². The number of nitrogens with zero attached hydrogens (tertiary/aromatic N) is 1. The molecule has 0 bridgehead atoms. The molecule has 0 saturated heterocycles. The third-order valence-electron chi connectivity index (χ3n) is 3.03. The van der Waals surface area contributed by atoms with Crippen LogP contribution < -0.4 is 15.6 Å². The first kappa shape index (κ1) is 19.8. The number of hydrogen-bond donors (Lipinski definition) is 2. The van der Waals surface area contributed by atoms with Crippen molar-refractivity contribution in [3.8, 4) is 5.75 Å². The molecule has 6 nitrogen and oxygen atoms in total. The van der Waals surface area contributed by atoms with Crippen LogP contribution in [0.3, 0.4) is 0 Å². The summed E-state index contributed by atoms with van der Waals surface area (Å²) < 4.78 is 44.1. The number of amides is 1. The number of benzene rings is 1. The Morgan fingerprint density at radius 1 is 1.35 bits per heavy atom. The average molecular weight is 387 g/mol. The van der Waals surface area contributed by atoms with Crippen molar-refractivity contribution in [2.45, 2.75) is 24.7 Å². The van der Waals surface area contributed by atoms with Crippen molar-refractivity contribution in [1.82, 2.24) is 9.97 Å². The van der Waals surface area contributed by atoms with E-state index in [0.717, 1.165) is 23.9 Å². The van der Waals surface area contributed by atoms with Gasteiger partial charge in [0.1, 0.15) is 5.75 Å². The van der Waals surface area contributed by atoms with Crippen LogP contribution in [0.15, 0.2) is 40.4 Å². The second-order valence-electron chi connectivity index (χ2n) is 5.13. The molecule has 0 fully saturated rings. The predicted molar refractivity (Wildman–Crippen MR) is 91.4 cm³/mol. The maximum absolute atomic E-state index is 12.9. The molecule has 10 heteroatoms. The van der Waals surface area contributed by atoms with Gasteiger partial charge in [-0.3, -0.25) is 9.59 Å². The molecule has 0 spiro atoms. The summed E-state index contributed by atoms with van der Waals surface area (Å²) in [5, 5.41) is 2.65. The highest BCUT2D eigenvalue weighted by molar-refractivity contribution is 7.99. The minimum absolute atomic E-state index is 0.0617. The van der Waals surface area contributed by atoms with Crippen LogP contribution in [0, 0.1) is 0 Å².